The van der Waals surface area contributed by atoms with Crippen LogP contribution < -0.4 is 0 Å². The van der Waals surface area contributed by atoms with E-state index in [0.29, 0.717) is 0 Å². The monoisotopic (exact) mass is 318 g/mol. The molecule has 126 valence electrons. The summed E-state index contributed by atoms with van der Waals surface area (Å²) in [5.74, 6) is -1.25. The van der Waals surface area contributed by atoms with E-state index in [1.54, 1.807) is 12.2 Å². The molecule has 0 spiro atoms. The van der Waals surface area contributed by atoms with Crippen molar-refractivity contribution in [2.75, 3.05) is 14.2 Å². The summed E-state index contributed by atoms with van der Waals surface area (Å²) < 4.78 is 9.73. The van der Waals surface area contributed by atoms with E-state index in [9.17, 15) is 9.59 Å². The molecule has 0 aromatic heterocycles. The van der Waals surface area contributed by atoms with Gasteiger partial charge in [-0.1, -0.05) is 30.7 Å². The molecular formula is C19H26O4. The summed E-state index contributed by atoms with van der Waals surface area (Å²) in [6, 6.07) is 0. The molecule has 0 aliphatic heterocycles. The van der Waals surface area contributed by atoms with Crippen molar-refractivity contribution in [3.63, 3.8) is 0 Å². The molecule has 23 heavy (non-hydrogen) atoms. The fourth-order valence-electron chi connectivity index (χ4n) is 2.58. The van der Waals surface area contributed by atoms with Gasteiger partial charge in [0.05, 0.1) is 14.2 Å². The zero-order valence-corrected chi connectivity index (χ0v) is 14.3. The third-order valence-corrected chi connectivity index (χ3v) is 3.96. The SMILES string of the molecule is C/C=C/C=C/CC(C=C=C1CCCCC1)(C(=O)OC)C(=O)OC. The van der Waals surface area contributed by atoms with Crippen molar-refractivity contribution in [1.82, 2.24) is 0 Å². The Balaban J connectivity index is 3.22. The van der Waals surface area contributed by atoms with E-state index in [4.69, 9.17) is 9.47 Å². The first-order valence-corrected chi connectivity index (χ1v) is 8.01. The molecule has 0 atom stereocenters. The molecule has 1 aliphatic rings. The molecule has 1 rings (SSSR count). The summed E-state index contributed by atoms with van der Waals surface area (Å²) >= 11 is 0. The number of carbonyl (C=O) groups is 2. The van der Waals surface area contributed by atoms with Crippen molar-refractivity contribution in [3.05, 3.63) is 41.7 Å². The predicted octanol–water partition coefficient (Wildman–Crippen LogP) is 3.89. The quantitative estimate of drug-likeness (QED) is 0.323. The highest BCUT2D eigenvalue weighted by molar-refractivity contribution is 6.02. The van der Waals surface area contributed by atoms with Gasteiger partial charge in [0.25, 0.3) is 0 Å². The Morgan fingerprint density at radius 1 is 1.09 bits per heavy atom. The lowest BCUT2D eigenvalue weighted by atomic mass is 9.83. The minimum Gasteiger partial charge on any atom is -0.468 e. The topological polar surface area (TPSA) is 52.6 Å². The van der Waals surface area contributed by atoms with E-state index in [0.717, 1.165) is 31.3 Å². The third-order valence-electron chi connectivity index (χ3n) is 3.96. The molecule has 1 aliphatic carbocycles. The summed E-state index contributed by atoms with van der Waals surface area (Å²) in [7, 11) is 2.55. The highest BCUT2D eigenvalue weighted by Gasteiger charge is 2.45. The van der Waals surface area contributed by atoms with Crippen LogP contribution in [0.4, 0.5) is 0 Å². The lowest BCUT2D eigenvalue weighted by molar-refractivity contribution is -0.164. The highest BCUT2D eigenvalue weighted by atomic mass is 16.5. The van der Waals surface area contributed by atoms with Crippen molar-refractivity contribution < 1.29 is 19.1 Å². The normalized spacial score (nSPS) is 15.5. The van der Waals surface area contributed by atoms with Gasteiger partial charge in [0.15, 0.2) is 5.41 Å². The van der Waals surface area contributed by atoms with E-state index in [-0.39, 0.29) is 6.42 Å². The molecule has 0 saturated heterocycles. The maximum Gasteiger partial charge on any atom is 0.328 e. The second kappa shape index (κ2) is 9.86. The lowest BCUT2D eigenvalue weighted by Crippen LogP contribution is -2.39. The van der Waals surface area contributed by atoms with Crippen molar-refractivity contribution in [2.45, 2.75) is 45.4 Å². The third kappa shape index (κ3) is 5.26. The molecule has 1 saturated carbocycles. The molecular weight excluding hydrogens is 292 g/mol. The van der Waals surface area contributed by atoms with Gasteiger partial charge in [-0.05, 0) is 50.7 Å². The first-order chi connectivity index (χ1) is 11.1. The largest absolute Gasteiger partial charge is 0.468 e. The average molecular weight is 318 g/mol. The van der Waals surface area contributed by atoms with Crippen LogP contribution in [-0.4, -0.2) is 26.2 Å². The van der Waals surface area contributed by atoms with Crippen molar-refractivity contribution in [1.29, 1.82) is 0 Å². The predicted molar refractivity (Wildman–Crippen MR) is 89.7 cm³/mol. The molecule has 0 unspecified atom stereocenters. The minimum absolute atomic E-state index is 0.178. The zero-order valence-electron chi connectivity index (χ0n) is 14.3. The lowest BCUT2D eigenvalue weighted by Gasteiger charge is -2.23. The maximum atomic E-state index is 12.3. The first kappa shape index (κ1) is 19.0. The van der Waals surface area contributed by atoms with Crippen LogP contribution in [0, 0.1) is 5.41 Å². The molecule has 1 fully saturated rings. The Morgan fingerprint density at radius 3 is 2.22 bits per heavy atom. The van der Waals surface area contributed by atoms with E-state index >= 15 is 0 Å². The second-order valence-corrected chi connectivity index (χ2v) is 5.57. The van der Waals surface area contributed by atoms with Crippen molar-refractivity contribution in [2.24, 2.45) is 5.41 Å². The molecule has 0 aromatic carbocycles. The Hall–Kier alpha value is -2.06. The molecule has 0 heterocycles. The van der Waals surface area contributed by atoms with E-state index < -0.39 is 17.4 Å². The number of esters is 2. The van der Waals surface area contributed by atoms with Gasteiger partial charge >= 0.3 is 11.9 Å². The number of methoxy groups -OCH3 is 2. The van der Waals surface area contributed by atoms with E-state index in [1.165, 1.54) is 26.7 Å². The first-order valence-electron chi connectivity index (χ1n) is 8.01. The molecule has 4 nitrogen and oxygen atoms in total. The van der Waals surface area contributed by atoms with Crippen molar-refractivity contribution >= 4 is 11.9 Å². The molecule has 0 bridgehead atoms. The van der Waals surface area contributed by atoms with Gasteiger partial charge in [0.1, 0.15) is 0 Å². The molecule has 0 aromatic rings. The molecule has 0 amide bonds. The van der Waals surface area contributed by atoms with Crippen molar-refractivity contribution in [3.8, 4) is 0 Å². The van der Waals surface area contributed by atoms with Crippen LogP contribution >= 0.6 is 0 Å². The summed E-state index contributed by atoms with van der Waals surface area (Å²) in [6.07, 6.45) is 14.4. The van der Waals surface area contributed by atoms with E-state index in [2.05, 4.69) is 5.73 Å². The van der Waals surface area contributed by atoms with Crippen LogP contribution in [-0.2, 0) is 19.1 Å². The number of carbonyl (C=O) groups excluding carboxylic acids is 2. The molecule has 0 N–H and O–H groups in total. The number of hydrogen-bond acceptors (Lipinski definition) is 4. The summed E-state index contributed by atoms with van der Waals surface area (Å²) in [5, 5.41) is 0. The maximum absolute atomic E-state index is 12.3. The smallest absolute Gasteiger partial charge is 0.328 e. The van der Waals surface area contributed by atoms with Crippen LogP contribution in [0.3, 0.4) is 0 Å². The number of hydrogen-bond donors (Lipinski definition) is 0. The Kier molecular flexibility index (Phi) is 8.14. The van der Waals surface area contributed by atoms with Crippen LogP contribution in [0.2, 0.25) is 0 Å². The van der Waals surface area contributed by atoms with Crippen LogP contribution in [0.1, 0.15) is 45.4 Å². The van der Waals surface area contributed by atoms with E-state index in [1.807, 2.05) is 19.1 Å². The Morgan fingerprint density at radius 2 is 1.70 bits per heavy atom. The number of rotatable bonds is 6. The number of ether oxygens (including phenoxy) is 2. The van der Waals surface area contributed by atoms with Gasteiger partial charge in [-0.2, -0.15) is 0 Å². The van der Waals surface area contributed by atoms with Crippen LogP contribution in [0.15, 0.2) is 41.7 Å². The Labute approximate surface area is 138 Å². The van der Waals surface area contributed by atoms with Gasteiger partial charge in [0, 0.05) is 0 Å². The fourth-order valence-corrected chi connectivity index (χ4v) is 2.58. The standard InChI is InChI=1S/C19H26O4/c1-4-5-6-10-14-19(17(20)22-2,18(21)23-3)15-13-16-11-8-7-9-12-16/h4-6,10,15H,7-9,11-12,14H2,1-3H3/b5-4+,10-6+. The Bertz CT molecular complexity index is 510. The zero-order chi connectivity index (χ0) is 17.1. The summed E-state index contributed by atoms with van der Waals surface area (Å²) in [6.45, 7) is 1.89. The van der Waals surface area contributed by atoms with Gasteiger partial charge in [-0.3, -0.25) is 9.59 Å². The highest BCUT2D eigenvalue weighted by Crippen LogP contribution is 2.30. The second-order valence-electron chi connectivity index (χ2n) is 5.57. The minimum atomic E-state index is -1.48. The molecule has 0 radical (unpaired) electrons. The fraction of sp³-hybridized carbons (Fsp3) is 0.526. The average Bonchev–Trinajstić information content (AvgIpc) is 2.61. The van der Waals surface area contributed by atoms with Gasteiger partial charge in [-0.25, -0.2) is 0 Å². The van der Waals surface area contributed by atoms with Gasteiger partial charge in [-0.15, -0.1) is 5.73 Å². The van der Waals surface area contributed by atoms with Crippen LogP contribution in [0.25, 0.3) is 0 Å². The summed E-state index contributed by atoms with van der Waals surface area (Å²) in [5.41, 5.74) is 2.84. The van der Waals surface area contributed by atoms with Gasteiger partial charge < -0.3 is 9.47 Å². The van der Waals surface area contributed by atoms with Gasteiger partial charge in [0.2, 0.25) is 0 Å². The molecule has 4 heteroatoms. The van der Waals surface area contributed by atoms with Crippen LogP contribution in [0.5, 0.6) is 0 Å². The number of allylic oxidation sites excluding steroid dienone is 4. The summed E-state index contributed by atoms with van der Waals surface area (Å²) in [4.78, 5) is 24.6.